The third-order valence-corrected chi connectivity index (χ3v) is 6.50. The van der Waals surface area contributed by atoms with Crippen LogP contribution in [-0.2, 0) is 6.42 Å². The molecule has 3 aliphatic rings. The summed E-state index contributed by atoms with van der Waals surface area (Å²) in [6.45, 7) is 0. The quantitative estimate of drug-likeness (QED) is 0.905. The van der Waals surface area contributed by atoms with Crippen molar-refractivity contribution in [3.63, 3.8) is 0 Å². The molecule has 4 rings (SSSR count). The molecule has 3 nitrogen and oxygen atoms in total. The van der Waals surface area contributed by atoms with E-state index in [1.807, 2.05) is 0 Å². The van der Waals surface area contributed by atoms with Gasteiger partial charge in [-0.3, -0.25) is 0 Å². The number of guanidine groups is 1. The number of aliphatic imine (C=N–C) groups is 1. The van der Waals surface area contributed by atoms with E-state index in [2.05, 4.69) is 35.2 Å². The minimum absolute atomic E-state index is 0.499. The molecule has 1 aromatic rings. The van der Waals surface area contributed by atoms with Crippen LogP contribution in [0.2, 0.25) is 0 Å². The smallest absolute Gasteiger partial charge is 0.192 e. The van der Waals surface area contributed by atoms with Crippen LogP contribution < -0.4 is 5.73 Å². The molecule has 0 bridgehead atoms. The summed E-state index contributed by atoms with van der Waals surface area (Å²) in [5.74, 6) is 1.64. The molecule has 1 aliphatic carbocycles. The predicted molar refractivity (Wildman–Crippen MR) is 100 cm³/mol. The lowest BCUT2D eigenvalue weighted by atomic mass is 9.81. The number of nitrogens with zero attached hydrogens (tertiary/aromatic N) is 2. The van der Waals surface area contributed by atoms with Crippen LogP contribution in [0.4, 0.5) is 0 Å². The molecule has 0 amide bonds. The fourth-order valence-electron chi connectivity index (χ4n) is 5.21. The minimum Gasteiger partial charge on any atom is -0.370 e. The highest BCUT2D eigenvalue weighted by atomic mass is 15.3. The average molecular weight is 325 g/mol. The summed E-state index contributed by atoms with van der Waals surface area (Å²) >= 11 is 0. The van der Waals surface area contributed by atoms with Crippen LogP contribution >= 0.6 is 0 Å². The first kappa shape index (κ1) is 16.0. The molecular formula is C21H31N3. The average Bonchev–Trinajstić information content (AvgIpc) is 3.05. The van der Waals surface area contributed by atoms with E-state index in [4.69, 9.17) is 10.7 Å². The molecule has 2 fully saturated rings. The fraction of sp³-hybridized carbons (Fsp3) is 0.667. The number of fused-ring (bicyclic) bond motifs is 1. The van der Waals surface area contributed by atoms with Crippen molar-refractivity contribution in [1.29, 1.82) is 0 Å². The maximum Gasteiger partial charge on any atom is 0.192 e. The van der Waals surface area contributed by atoms with Gasteiger partial charge in [-0.2, -0.15) is 0 Å². The molecule has 3 atom stereocenters. The predicted octanol–water partition coefficient (Wildman–Crippen LogP) is 4.12. The van der Waals surface area contributed by atoms with Crippen LogP contribution in [-0.4, -0.2) is 29.0 Å². The second kappa shape index (κ2) is 7.16. The first-order valence-electron chi connectivity index (χ1n) is 9.97. The minimum atomic E-state index is 0.499. The lowest BCUT2D eigenvalue weighted by Gasteiger charge is -2.40. The number of benzene rings is 1. The van der Waals surface area contributed by atoms with Gasteiger partial charge >= 0.3 is 0 Å². The van der Waals surface area contributed by atoms with Gasteiger partial charge in [-0.15, -0.1) is 0 Å². The van der Waals surface area contributed by atoms with E-state index in [0.29, 0.717) is 18.1 Å². The zero-order valence-corrected chi connectivity index (χ0v) is 14.7. The molecular weight excluding hydrogens is 294 g/mol. The zero-order chi connectivity index (χ0) is 16.4. The molecule has 130 valence electrons. The standard InChI is InChI=1S/C21H31N3/c22-21-23-20(17-9-5-2-6-10-17)15-19-14-13-18(24(19)21)12-11-16-7-3-1-4-8-16/h1,3-4,7-8,17-20H,2,5-6,9-15H2,(H2,22,23)/t18-,19+,20+/m0/s1. The van der Waals surface area contributed by atoms with E-state index in [9.17, 15) is 0 Å². The molecule has 0 unspecified atom stereocenters. The molecule has 2 aliphatic heterocycles. The number of nitrogens with two attached hydrogens (primary N) is 1. The van der Waals surface area contributed by atoms with Crippen LogP contribution in [0.3, 0.4) is 0 Å². The first-order chi connectivity index (χ1) is 11.8. The van der Waals surface area contributed by atoms with E-state index in [0.717, 1.165) is 18.3 Å². The molecule has 3 heteroatoms. The van der Waals surface area contributed by atoms with Crippen molar-refractivity contribution in [2.75, 3.05) is 0 Å². The van der Waals surface area contributed by atoms with Gasteiger partial charge in [0.15, 0.2) is 5.96 Å². The highest BCUT2D eigenvalue weighted by Gasteiger charge is 2.40. The van der Waals surface area contributed by atoms with Crippen molar-refractivity contribution < 1.29 is 0 Å². The molecule has 1 saturated carbocycles. The van der Waals surface area contributed by atoms with Gasteiger partial charge in [-0.1, -0.05) is 49.6 Å². The number of rotatable bonds is 4. The van der Waals surface area contributed by atoms with Crippen LogP contribution in [0.5, 0.6) is 0 Å². The molecule has 0 aromatic heterocycles. The Morgan fingerprint density at radius 3 is 2.58 bits per heavy atom. The highest BCUT2D eigenvalue weighted by Crippen LogP contribution is 2.38. The largest absolute Gasteiger partial charge is 0.370 e. The van der Waals surface area contributed by atoms with Gasteiger partial charge in [-0.05, 0) is 56.4 Å². The number of aryl methyl sites for hydroxylation is 1. The normalized spacial score (nSPS) is 30.9. The molecule has 1 aromatic carbocycles. The highest BCUT2D eigenvalue weighted by molar-refractivity contribution is 5.80. The summed E-state index contributed by atoms with van der Waals surface area (Å²) in [5, 5.41) is 0. The van der Waals surface area contributed by atoms with Gasteiger partial charge in [0.2, 0.25) is 0 Å². The maximum atomic E-state index is 6.45. The summed E-state index contributed by atoms with van der Waals surface area (Å²) in [6, 6.07) is 12.6. The third kappa shape index (κ3) is 3.31. The lowest BCUT2D eigenvalue weighted by molar-refractivity contribution is 0.209. The Bertz CT molecular complexity index is 562. The number of hydrogen-bond donors (Lipinski definition) is 1. The molecule has 0 radical (unpaired) electrons. The Kier molecular flexibility index (Phi) is 4.77. The van der Waals surface area contributed by atoms with Crippen molar-refractivity contribution >= 4 is 5.96 Å². The van der Waals surface area contributed by atoms with E-state index in [1.165, 1.54) is 63.4 Å². The van der Waals surface area contributed by atoms with Gasteiger partial charge in [0.05, 0.1) is 6.04 Å². The summed E-state index contributed by atoms with van der Waals surface area (Å²) in [4.78, 5) is 7.45. The van der Waals surface area contributed by atoms with E-state index < -0.39 is 0 Å². The summed E-state index contributed by atoms with van der Waals surface area (Å²) < 4.78 is 0. The second-order valence-electron chi connectivity index (χ2n) is 8.00. The van der Waals surface area contributed by atoms with Gasteiger partial charge in [0, 0.05) is 12.1 Å². The zero-order valence-electron chi connectivity index (χ0n) is 14.7. The van der Waals surface area contributed by atoms with Crippen molar-refractivity contribution in [1.82, 2.24) is 4.90 Å². The van der Waals surface area contributed by atoms with Crippen LogP contribution in [0, 0.1) is 5.92 Å². The van der Waals surface area contributed by atoms with E-state index >= 15 is 0 Å². The van der Waals surface area contributed by atoms with Gasteiger partial charge in [0.1, 0.15) is 0 Å². The van der Waals surface area contributed by atoms with E-state index in [-0.39, 0.29) is 0 Å². The topological polar surface area (TPSA) is 41.6 Å². The van der Waals surface area contributed by atoms with Crippen molar-refractivity contribution in [2.24, 2.45) is 16.6 Å². The SMILES string of the molecule is NC1=N[C@@H](C2CCCCC2)C[C@H]2CC[C@H](CCc3ccccc3)N12. The molecule has 2 N–H and O–H groups in total. The summed E-state index contributed by atoms with van der Waals surface area (Å²) in [6.07, 6.45) is 13.1. The maximum absolute atomic E-state index is 6.45. The second-order valence-corrected chi connectivity index (χ2v) is 8.00. The fourth-order valence-corrected chi connectivity index (χ4v) is 5.21. The van der Waals surface area contributed by atoms with Crippen molar-refractivity contribution in [3.8, 4) is 0 Å². The van der Waals surface area contributed by atoms with Crippen LogP contribution in [0.25, 0.3) is 0 Å². The van der Waals surface area contributed by atoms with Crippen LogP contribution in [0.15, 0.2) is 35.3 Å². The molecule has 2 heterocycles. The first-order valence-corrected chi connectivity index (χ1v) is 9.97. The Hall–Kier alpha value is -1.51. The van der Waals surface area contributed by atoms with Crippen molar-refractivity contribution in [2.45, 2.75) is 82.3 Å². The Morgan fingerprint density at radius 1 is 1.00 bits per heavy atom. The van der Waals surface area contributed by atoms with Gasteiger partial charge in [-0.25, -0.2) is 4.99 Å². The van der Waals surface area contributed by atoms with Crippen molar-refractivity contribution in [3.05, 3.63) is 35.9 Å². The lowest BCUT2D eigenvalue weighted by Crippen LogP contribution is -2.51. The Balaban J connectivity index is 1.40. The monoisotopic (exact) mass is 325 g/mol. The summed E-state index contributed by atoms with van der Waals surface area (Å²) in [7, 11) is 0. The number of hydrogen-bond acceptors (Lipinski definition) is 3. The molecule has 24 heavy (non-hydrogen) atoms. The third-order valence-electron chi connectivity index (χ3n) is 6.50. The summed E-state index contributed by atoms with van der Waals surface area (Å²) in [5.41, 5.74) is 7.89. The van der Waals surface area contributed by atoms with E-state index in [1.54, 1.807) is 0 Å². The van der Waals surface area contributed by atoms with Crippen LogP contribution in [0.1, 0.15) is 63.4 Å². The Morgan fingerprint density at radius 2 is 1.79 bits per heavy atom. The molecule has 1 saturated heterocycles. The molecule has 0 spiro atoms. The van der Waals surface area contributed by atoms with Gasteiger partial charge < -0.3 is 10.6 Å². The van der Waals surface area contributed by atoms with Gasteiger partial charge in [0.25, 0.3) is 0 Å². The Labute approximate surface area is 146 Å².